The standard InChI is InChI=1S/C18H20N6OS/c1-11-3-7-14(8-4-11)24-15(9-12(2)23-24)19-16(25)10-26-18-20-17(21-22-18)13-5-6-13/h3-4,7-9,13H,5-6,10H2,1-2H3,(H,19,25)(H,20,21,22). The number of carbonyl (C=O) groups excluding carboxylic acids is 1. The van der Waals surface area contributed by atoms with Crippen LogP contribution in [0.4, 0.5) is 5.82 Å². The molecule has 0 aliphatic heterocycles. The molecule has 1 aliphatic rings. The third-order valence-corrected chi connectivity index (χ3v) is 5.00. The fourth-order valence-electron chi connectivity index (χ4n) is 2.64. The number of carbonyl (C=O) groups is 1. The molecule has 1 amide bonds. The van der Waals surface area contributed by atoms with Crippen LogP contribution in [0, 0.1) is 13.8 Å². The fraction of sp³-hybridized carbons (Fsp3) is 0.333. The zero-order chi connectivity index (χ0) is 18.1. The minimum absolute atomic E-state index is 0.110. The topological polar surface area (TPSA) is 88.5 Å². The third kappa shape index (κ3) is 3.80. The summed E-state index contributed by atoms with van der Waals surface area (Å²) in [6, 6.07) is 9.88. The van der Waals surface area contributed by atoms with Crippen molar-refractivity contribution >= 4 is 23.5 Å². The van der Waals surface area contributed by atoms with E-state index < -0.39 is 0 Å². The average molecular weight is 368 g/mol. The van der Waals surface area contributed by atoms with Crippen LogP contribution < -0.4 is 5.32 Å². The maximum Gasteiger partial charge on any atom is 0.236 e. The Labute approximate surface area is 155 Å². The predicted octanol–water partition coefficient (Wildman–Crippen LogP) is 3.22. The largest absolute Gasteiger partial charge is 0.310 e. The number of hydrogen-bond donors (Lipinski definition) is 2. The number of anilines is 1. The maximum atomic E-state index is 12.3. The molecule has 1 saturated carbocycles. The van der Waals surface area contributed by atoms with E-state index in [0.717, 1.165) is 17.2 Å². The number of nitrogens with zero attached hydrogens (tertiary/aromatic N) is 4. The van der Waals surface area contributed by atoms with Gasteiger partial charge in [-0.3, -0.25) is 9.89 Å². The minimum Gasteiger partial charge on any atom is -0.310 e. The molecule has 0 bridgehead atoms. The van der Waals surface area contributed by atoms with Crippen LogP contribution in [-0.2, 0) is 4.79 Å². The SMILES string of the molecule is Cc1ccc(-n2nc(C)cc2NC(=O)CSc2n[nH]c(C3CC3)n2)cc1. The molecule has 1 fully saturated rings. The number of rotatable bonds is 6. The van der Waals surface area contributed by atoms with E-state index >= 15 is 0 Å². The summed E-state index contributed by atoms with van der Waals surface area (Å²) in [5.74, 6) is 2.25. The summed E-state index contributed by atoms with van der Waals surface area (Å²) < 4.78 is 1.75. The second kappa shape index (κ2) is 6.95. The fourth-order valence-corrected chi connectivity index (χ4v) is 3.25. The highest BCUT2D eigenvalue weighted by Gasteiger charge is 2.27. The number of thioether (sulfide) groups is 1. The maximum absolute atomic E-state index is 12.3. The van der Waals surface area contributed by atoms with Crippen molar-refractivity contribution in [3.63, 3.8) is 0 Å². The number of aryl methyl sites for hydroxylation is 2. The lowest BCUT2D eigenvalue weighted by atomic mass is 10.2. The zero-order valence-corrected chi connectivity index (χ0v) is 15.5. The molecule has 2 N–H and O–H groups in total. The highest BCUT2D eigenvalue weighted by atomic mass is 32.2. The Bertz CT molecular complexity index is 926. The quantitative estimate of drug-likeness (QED) is 0.652. The van der Waals surface area contributed by atoms with E-state index in [-0.39, 0.29) is 11.7 Å². The number of H-pyrrole nitrogens is 1. The van der Waals surface area contributed by atoms with Crippen molar-refractivity contribution in [2.45, 2.75) is 37.8 Å². The van der Waals surface area contributed by atoms with Crippen molar-refractivity contribution in [1.29, 1.82) is 0 Å². The lowest BCUT2D eigenvalue weighted by Crippen LogP contribution is -2.17. The third-order valence-electron chi connectivity index (χ3n) is 4.16. The number of amides is 1. The van der Waals surface area contributed by atoms with Crippen molar-refractivity contribution in [2.75, 3.05) is 11.1 Å². The Balaban J connectivity index is 1.41. The molecule has 134 valence electrons. The van der Waals surface area contributed by atoms with Crippen molar-refractivity contribution < 1.29 is 4.79 Å². The molecule has 0 unspecified atom stereocenters. The Morgan fingerprint density at radius 3 is 2.81 bits per heavy atom. The number of nitrogens with one attached hydrogen (secondary N) is 2. The molecule has 4 rings (SSSR count). The normalized spacial score (nSPS) is 13.8. The second-order valence-electron chi connectivity index (χ2n) is 6.53. The molecule has 2 heterocycles. The van der Waals surface area contributed by atoms with Crippen LogP contribution in [0.25, 0.3) is 5.69 Å². The van der Waals surface area contributed by atoms with Crippen LogP contribution in [-0.4, -0.2) is 36.6 Å². The Kier molecular flexibility index (Phi) is 4.50. The molecule has 8 heteroatoms. The van der Waals surface area contributed by atoms with Crippen LogP contribution in [0.15, 0.2) is 35.5 Å². The van der Waals surface area contributed by atoms with Crippen LogP contribution >= 0.6 is 11.8 Å². The smallest absolute Gasteiger partial charge is 0.236 e. The summed E-state index contributed by atoms with van der Waals surface area (Å²) in [6.45, 7) is 3.94. The number of benzene rings is 1. The van der Waals surface area contributed by atoms with Gasteiger partial charge in [-0.2, -0.15) is 5.10 Å². The first kappa shape index (κ1) is 16.8. The molecule has 0 atom stereocenters. The zero-order valence-electron chi connectivity index (χ0n) is 14.7. The molecule has 26 heavy (non-hydrogen) atoms. The van der Waals surface area contributed by atoms with Crippen LogP contribution in [0.2, 0.25) is 0 Å². The first-order valence-corrected chi connectivity index (χ1v) is 9.56. The van der Waals surface area contributed by atoms with E-state index in [1.165, 1.54) is 30.2 Å². The monoisotopic (exact) mass is 368 g/mol. The van der Waals surface area contributed by atoms with E-state index in [2.05, 4.69) is 25.6 Å². The minimum atomic E-state index is -0.110. The molecule has 3 aromatic rings. The summed E-state index contributed by atoms with van der Waals surface area (Å²) in [5, 5.41) is 15.1. The van der Waals surface area contributed by atoms with Gasteiger partial charge >= 0.3 is 0 Å². The summed E-state index contributed by atoms with van der Waals surface area (Å²) in [4.78, 5) is 16.8. The lowest BCUT2D eigenvalue weighted by molar-refractivity contribution is -0.113. The summed E-state index contributed by atoms with van der Waals surface area (Å²) in [7, 11) is 0. The number of aromatic nitrogens is 5. The van der Waals surface area contributed by atoms with Crippen LogP contribution in [0.1, 0.15) is 35.8 Å². The second-order valence-corrected chi connectivity index (χ2v) is 7.48. The first-order chi connectivity index (χ1) is 12.6. The van der Waals surface area contributed by atoms with Gasteiger partial charge in [0, 0.05) is 12.0 Å². The van der Waals surface area contributed by atoms with Gasteiger partial charge in [-0.15, -0.1) is 5.10 Å². The lowest BCUT2D eigenvalue weighted by Gasteiger charge is -2.08. The van der Waals surface area contributed by atoms with Gasteiger partial charge in [0.25, 0.3) is 0 Å². The van der Waals surface area contributed by atoms with Crippen molar-refractivity contribution in [3.8, 4) is 5.69 Å². The molecule has 0 saturated heterocycles. The highest BCUT2D eigenvalue weighted by Crippen LogP contribution is 2.38. The summed E-state index contributed by atoms with van der Waals surface area (Å²) in [5.41, 5.74) is 2.93. The van der Waals surface area contributed by atoms with Crippen molar-refractivity contribution in [3.05, 3.63) is 47.4 Å². The average Bonchev–Trinajstić information content (AvgIpc) is 3.25. The van der Waals surface area contributed by atoms with Crippen LogP contribution in [0.5, 0.6) is 0 Å². The van der Waals surface area contributed by atoms with Gasteiger partial charge in [0.1, 0.15) is 11.6 Å². The first-order valence-electron chi connectivity index (χ1n) is 8.57. The predicted molar refractivity (Wildman–Crippen MR) is 101 cm³/mol. The summed E-state index contributed by atoms with van der Waals surface area (Å²) >= 11 is 1.33. The van der Waals surface area contributed by atoms with Gasteiger partial charge in [0.05, 0.1) is 17.1 Å². The summed E-state index contributed by atoms with van der Waals surface area (Å²) in [6.07, 6.45) is 2.34. The molecular weight excluding hydrogens is 348 g/mol. The molecular formula is C18H20N6OS. The molecule has 2 aromatic heterocycles. The Morgan fingerprint density at radius 2 is 2.08 bits per heavy atom. The highest BCUT2D eigenvalue weighted by molar-refractivity contribution is 7.99. The Morgan fingerprint density at radius 1 is 1.31 bits per heavy atom. The number of aromatic amines is 1. The van der Waals surface area contributed by atoms with Crippen molar-refractivity contribution in [1.82, 2.24) is 25.0 Å². The molecule has 1 aliphatic carbocycles. The molecule has 7 nitrogen and oxygen atoms in total. The van der Waals surface area contributed by atoms with Gasteiger partial charge < -0.3 is 5.32 Å². The van der Waals surface area contributed by atoms with Gasteiger partial charge in [-0.05, 0) is 38.8 Å². The van der Waals surface area contributed by atoms with E-state index in [1.807, 2.05) is 44.2 Å². The molecule has 0 radical (unpaired) electrons. The van der Waals surface area contributed by atoms with Gasteiger partial charge in [-0.1, -0.05) is 29.5 Å². The molecule has 0 spiro atoms. The van der Waals surface area contributed by atoms with E-state index in [0.29, 0.717) is 16.9 Å². The molecule has 1 aromatic carbocycles. The van der Waals surface area contributed by atoms with Gasteiger partial charge in [0.15, 0.2) is 0 Å². The van der Waals surface area contributed by atoms with Gasteiger partial charge in [-0.25, -0.2) is 9.67 Å². The van der Waals surface area contributed by atoms with E-state index in [4.69, 9.17) is 0 Å². The Hall–Kier alpha value is -2.61. The van der Waals surface area contributed by atoms with Gasteiger partial charge in [0.2, 0.25) is 11.1 Å². The number of hydrogen-bond acceptors (Lipinski definition) is 5. The van der Waals surface area contributed by atoms with Crippen LogP contribution in [0.3, 0.4) is 0 Å². The van der Waals surface area contributed by atoms with Crippen molar-refractivity contribution in [2.24, 2.45) is 0 Å². The van der Waals surface area contributed by atoms with E-state index in [1.54, 1.807) is 4.68 Å². The van der Waals surface area contributed by atoms with E-state index in [9.17, 15) is 4.79 Å².